The Balaban J connectivity index is 1.37. The number of thioether (sulfide) groups is 1. The lowest BCUT2D eigenvalue weighted by Gasteiger charge is -2.36. The monoisotopic (exact) mass is 443 g/mol. The number of benzene rings is 2. The maximum Gasteiger partial charge on any atom is 0.291 e. The van der Waals surface area contributed by atoms with Gasteiger partial charge in [-0.3, -0.25) is 9.59 Å². The van der Waals surface area contributed by atoms with Crippen LogP contribution in [0.5, 0.6) is 0 Å². The van der Waals surface area contributed by atoms with Crippen molar-refractivity contribution in [3.05, 3.63) is 70.3 Å². The molecule has 2 amide bonds. The number of nitrogens with zero attached hydrogens (tertiary/aromatic N) is 2. The molecular weight excluding hydrogens is 422 g/mol. The van der Waals surface area contributed by atoms with Crippen LogP contribution in [-0.4, -0.2) is 55.3 Å². The molecule has 0 bridgehead atoms. The van der Waals surface area contributed by atoms with Gasteiger partial charge in [-0.05, 0) is 36.4 Å². The number of hydrogen-bond acceptors (Lipinski definition) is 5. The van der Waals surface area contributed by atoms with E-state index in [0.717, 1.165) is 24.5 Å². The molecule has 2 heterocycles. The van der Waals surface area contributed by atoms with E-state index in [1.807, 2.05) is 29.2 Å². The number of rotatable bonds is 4. The van der Waals surface area contributed by atoms with E-state index in [1.54, 1.807) is 41.4 Å². The van der Waals surface area contributed by atoms with Gasteiger partial charge in [0, 0.05) is 59.3 Å². The fraction of sp³-hybridized carbons (Fsp3) is 0.273. The Labute approximate surface area is 184 Å². The molecule has 8 heteroatoms. The number of piperazine rings is 1. The summed E-state index contributed by atoms with van der Waals surface area (Å²) >= 11 is 7.64. The smallest absolute Gasteiger partial charge is 0.291 e. The van der Waals surface area contributed by atoms with Crippen molar-refractivity contribution < 1.29 is 14.3 Å². The molecule has 0 aromatic heterocycles. The van der Waals surface area contributed by atoms with Gasteiger partial charge in [0.1, 0.15) is 0 Å². The summed E-state index contributed by atoms with van der Waals surface area (Å²) in [6.07, 6.45) is 0. The van der Waals surface area contributed by atoms with Gasteiger partial charge < -0.3 is 19.9 Å². The Morgan fingerprint density at radius 2 is 1.83 bits per heavy atom. The highest BCUT2D eigenvalue weighted by atomic mass is 35.5. The fourth-order valence-electron chi connectivity index (χ4n) is 3.43. The van der Waals surface area contributed by atoms with E-state index < -0.39 is 0 Å². The first-order valence-corrected chi connectivity index (χ1v) is 11.2. The summed E-state index contributed by atoms with van der Waals surface area (Å²) in [6, 6.07) is 14.8. The third-order valence-electron chi connectivity index (χ3n) is 4.98. The van der Waals surface area contributed by atoms with Gasteiger partial charge in [-0.1, -0.05) is 23.7 Å². The van der Waals surface area contributed by atoms with Gasteiger partial charge in [-0.2, -0.15) is 0 Å². The minimum Gasteiger partial charge on any atom is -0.487 e. The van der Waals surface area contributed by atoms with Crippen LogP contribution in [-0.2, 0) is 9.53 Å². The standard InChI is InChI=1S/C22H22ClN3O3S/c23-17-4-2-6-19(14-17)25-7-9-26(10-8-25)22(28)16-3-1-5-18(13-16)24-21(27)20-15-30-12-11-29-20/h1-6,13-15H,7-12H2,(H,24,27). The first kappa shape index (κ1) is 20.6. The largest absolute Gasteiger partial charge is 0.487 e. The molecule has 2 aliphatic heterocycles. The van der Waals surface area contributed by atoms with E-state index in [4.69, 9.17) is 16.3 Å². The number of amides is 2. The first-order chi connectivity index (χ1) is 14.6. The van der Waals surface area contributed by atoms with Crippen molar-refractivity contribution in [3.8, 4) is 0 Å². The minimum atomic E-state index is -0.304. The first-order valence-electron chi connectivity index (χ1n) is 9.76. The van der Waals surface area contributed by atoms with Crippen molar-refractivity contribution >= 4 is 46.6 Å². The summed E-state index contributed by atoms with van der Waals surface area (Å²) in [4.78, 5) is 29.4. The third kappa shape index (κ3) is 4.91. The predicted octanol–water partition coefficient (Wildman–Crippen LogP) is 3.85. The zero-order chi connectivity index (χ0) is 20.9. The van der Waals surface area contributed by atoms with Crippen LogP contribution in [0.2, 0.25) is 5.02 Å². The van der Waals surface area contributed by atoms with Gasteiger partial charge in [0.05, 0.1) is 6.61 Å². The van der Waals surface area contributed by atoms with Gasteiger partial charge in [0.2, 0.25) is 0 Å². The topological polar surface area (TPSA) is 61.9 Å². The summed E-state index contributed by atoms with van der Waals surface area (Å²) in [7, 11) is 0. The molecule has 6 nitrogen and oxygen atoms in total. The average Bonchev–Trinajstić information content (AvgIpc) is 2.79. The van der Waals surface area contributed by atoms with Crippen molar-refractivity contribution in [2.75, 3.05) is 48.8 Å². The molecule has 2 aromatic rings. The SMILES string of the molecule is O=C(Nc1cccc(C(=O)N2CCN(c3cccc(Cl)c3)CC2)c1)C1=CSCCO1. The lowest BCUT2D eigenvalue weighted by atomic mass is 10.1. The van der Waals surface area contributed by atoms with Crippen LogP contribution >= 0.6 is 23.4 Å². The molecule has 4 rings (SSSR count). The minimum absolute atomic E-state index is 0.0412. The molecule has 0 aliphatic carbocycles. The van der Waals surface area contributed by atoms with Gasteiger partial charge in [0.25, 0.3) is 11.8 Å². The molecule has 0 spiro atoms. The van der Waals surface area contributed by atoms with E-state index in [0.29, 0.717) is 41.7 Å². The molecule has 2 aliphatic rings. The predicted molar refractivity (Wildman–Crippen MR) is 121 cm³/mol. The summed E-state index contributed by atoms with van der Waals surface area (Å²) in [5.41, 5.74) is 2.19. The van der Waals surface area contributed by atoms with Crippen LogP contribution in [0.1, 0.15) is 10.4 Å². The van der Waals surface area contributed by atoms with Crippen molar-refractivity contribution in [2.24, 2.45) is 0 Å². The zero-order valence-corrected chi connectivity index (χ0v) is 17.9. The van der Waals surface area contributed by atoms with Gasteiger partial charge in [0.15, 0.2) is 5.76 Å². The quantitative estimate of drug-likeness (QED) is 0.777. The zero-order valence-electron chi connectivity index (χ0n) is 16.3. The van der Waals surface area contributed by atoms with E-state index >= 15 is 0 Å². The van der Waals surface area contributed by atoms with Crippen molar-refractivity contribution in [1.29, 1.82) is 0 Å². The van der Waals surface area contributed by atoms with Crippen LogP contribution in [0.25, 0.3) is 0 Å². The van der Waals surface area contributed by atoms with Gasteiger partial charge in [-0.15, -0.1) is 11.8 Å². The number of anilines is 2. The number of carbonyl (C=O) groups is 2. The second-order valence-electron chi connectivity index (χ2n) is 7.00. The van der Waals surface area contributed by atoms with Crippen molar-refractivity contribution in [2.45, 2.75) is 0 Å². The Morgan fingerprint density at radius 1 is 1.03 bits per heavy atom. The van der Waals surface area contributed by atoms with Crippen LogP contribution in [0.4, 0.5) is 11.4 Å². The summed E-state index contributed by atoms with van der Waals surface area (Å²) < 4.78 is 5.38. The molecule has 0 atom stereocenters. The maximum atomic E-state index is 13.0. The van der Waals surface area contributed by atoms with E-state index in [-0.39, 0.29) is 11.8 Å². The highest BCUT2D eigenvalue weighted by Crippen LogP contribution is 2.22. The van der Waals surface area contributed by atoms with Crippen LogP contribution in [0.3, 0.4) is 0 Å². The number of carbonyl (C=O) groups excluding carboxylic acids is 2. The second-order valence-corrected chi connectivity index (χ2v) is 8.41. The normalized spacial score (nSPS) is 16.5. The molecule has 0 radical (unpaired) electrons. The lowest BCUT2D eigenvalue weighted by Crippen LogP contribution is -2.48. The van der Waals surface area contributed by atoms with E-state index in [1.165, 1.54) is 0 Å². The van der Waals surface area contributed by atoms with Crippen molar-refractivity contribution in [3.63, 3.8) is 0 Å². The maximum absolute atomic E-state index is 13.0. The molecule has 30 heavy (non-hydrogen) atoms. The van der Waals surface area contributed by atoms with Crippen LogP contribution in [0, 0.1) is 0 Å². The average molecular weight is 444 g/mol. The summed E-state index contributed by atoms with van der Waals surface area (Å²) in [5.74, 6) is 0.799. The molecule has 0 unspecified atom stereocenters. The highest BCUT2D eigenvalue weighted by Gasteiger charge is 2.23. The number of halogens is 1. The summed E-state index contributed by atoms with van der Waals surface area (Å²) in [5, 5.41) is 5.23. The highest BCUT2D eigenvalue weighted by molar-refractivity contribution is 8.02. The number of hydrogen-bond donors (Lipinski definition) is 1. The van der Waals surface area contributed by atoms with E-state index in [2.05, 4.69) is 10.2 Å². The van der Waals surface area contributed by atoms with E-state index in [9.17, 15) is 9.59 Å². The molecule has 156 valence electrons. The van der Waals surface area contributed by atoms with Crippen LogP contribution in [0.15, 0.2) is 59.7 Å². The molecule has 0 saturated carbocycles. The van der Waals surface area contributed by atoms with Gasteiger partial charge >= 0.3 is 0 Å². The number of ether oxygens (including phenoxy) is 1. The Morgan fingerprint density at radius 3 is 2.57 bits per heavy atom. The van der Waals surface area contributed by atoms with Crippen LogP contribution < -0.4 is 10.2 Å². The Hall–Kier alpha value is -2.64. The van der Waals surface area contributed by atoms with Gasteiger partial charge in [-0.25, -0.2) is 0 Å². The summed E-state index contributed by atoms with van der Waals surface area (Å²) in [6.45, 7) is 3.25. The van der Waals surface area contributed by atoms with Crippen molar-refractivity contribution in [1.82, 2.24) is 4.90 Å². The third-order valence-corrected chi connectivity index (χ3v) is 6.00. The second kappa shape index (κ2) is 9.45. The lowest BCUT2D eigenvalue weighted by molar-refractivity contribution is -0.116. The number of nitrogens with one attached hydrogen (secondary N) is 1. The molecule has 1 saturated heterocycles. The molecule has 1 fully saturated rings. The molecule has 2 aromatic carbocycles. The molecular formula is C22H22ClN3O3S. The molecule has 1 N–H and O–H groups in total. The fourth-order valence-corrected chi connectivity index (χ4v) is 4.24. The Kier molecular flexibility index (Phi) is 6.50. The Bertz CT molecular complexity index is 974.